The number of rotatable bonds is 3. The van der Waals surface area contributed by atoms with Crippen molar-refractivity contribution in [3.8, 4) is 0 Å². The van der Waals surface area contributed by atoms with Crippen LogP contribution in [0, 0.1) is 5.41 Å². The topological polar surface area (TPSA) is 66.4 Å². The molecule has 1 aromatic carbocycles. The van der Waals surface area contributed by atoms with E-state index in [1.165, 1.54) is 0 Å². The fourth-order valence-corrected chi connectivity index (χ4v) is 4.42. The summed E-state index contributed by atoms with van der Waals surface area (Å²) in [5.41, 5.74) is -0.730. The number of amides is 1. The fraction of sp³-hybridized carbons (Fsp3) is 0.333. The summed E-state index contributed by atoms with van der Waals surface area (Å²) in [5, 5.41) is 11.9. The maximum atomic E-state index is 12.2. The van der Waals surface area contributed by atoms with Gasteiger partial charge >= 0.3 is 5.97 Å². The molecule has 1 aliphatic rings. The van der Waals surface area contributed by atoms with E-state index in [0.717, 1.165) is 10.9 Å². The van der Waals surface area contributed by atoms with Gasteiger partial charge in [-0.1, -0.05) is 22.4 Å². The first-order chi connectivity index (χ1) is 8.86. The first kappa shape index (κ1) is 15.0. The lowest BCUT2D eigenvalue weighted by Gasteiger charge is -2.35. The van der Waals surface area contributed by atoms with Crippen molar-refractivity contribution in [2.75, 3.05) is 5.32 Å². The number of benzene rings is 1. The SMILES string of the molecule is O=C(O)C1(C(=O)Nc2c(Br)cc(Br)cc2Br)CCC1. The van der Waals surface area contributed by atoms with E-state index in [0.29, 0.717) is 27.5 Å². The normalized spacial score (nSPS) is 16.6. The Kier molecular flexibility index (Phi) is 4.37. The second kappa shape index (κ2) is 5.54. The van der Waals surface area contributed by atoms with Crippen molar-refractivity contribution < 1.29 is 14.7 Å². The highest BCUT2D eigenvalue weighted by atomic mass is 79.9. The fourth-order valence-electron chi connectivity index (χ4n) is 1.96. The van der Waals surface area contributed by atoms with Gasteiger partial charge in [-0.15, -0.1) is 0 Å². The number of nitrogens with one attached hydrogen (secondary N) is 1. The van der Waals surface area contributed by atoms with Crippen molar-refractivity contribution in [1.29, 1.82) is 0 Å². The minimum absolute atomic E-state index is 0.389. The second-order valence-electron chi connectivity index (χ2n) is 4.44. The molecule has 0 radical (unpaired) electrons. The van der Waals surface area contributed by atoms with Crippen LogP contribution in [0.2, 0.25) is 0 Å². The van der Waals surface area contributed by atoms with Crippen LogP contribution in [0.5, 0.6) is 0 Å². The molecular weight excluding hydrogens is 446 g/mol. The first-order valence-corrected chi connectivity index (χ1v) is 7.94. The largest absolute Gasteiger partial charge is 0.480 e. The maximum absolute atomic E-state index is 12.2. The van der Waals surface area contributed by atoms with E-state index in [-0.39, 0.29) is 0 Å². The summed E-state index contributed by atoms with van der Waals surface area (Å²) in [6, 6.07) is 3.57. The highest BCUT2D eigenvalue weighted by molar-refractivity contribution is 9.11. The van der Waals surface area contributed by atoms with Gasteiger partial charge in [0.05, 0.1) is 5.69 Å². The molecule has 1 aliphatic carbocycles. The monoisotopic (exact) mass is 453 g/mol. The molecule has 0 aliphatic heterocycles. The molecule has 0 unspecified atom stereocenters. The van der Waals surface area contributed by atoms with Crippen molar-refractivity contribution in [2.45, 2.75) is 19.3 Å². The number of carbonyl (C=O) groups excluding carboxylic acids is 1. The quantitative estimate of drug-likeness (QED) is 0.672. The molecule has 1 saturated carbocycles. The summed E-state index contributed by atoms with van der Waals surface area (Å²) >= 11 is 10.0. The molecule has 7 heteroatoms. The zero-order valence-corrected chi connectivity index (χ0v) is 14.4. The second-order valence-corrected chi connectivity index (χ2v) is 7.06. The van der Waals surface area contributed by atoms with E-state index in [1.54, 1.807) is 12.1 Å². The smallest absolute Gasteiger partial charge is 0.319 e. The molecule has 1 amide bonds. The lowest BCUT2D eigenvalue weighted by molar-refractivity contribution is -0.159. The van der Waals surface area contributed by atoms with Crippen LogP contribution in [0.1, 0.15) is 19.3 Å². The van der Waals surface area contributed by atoms with Crippen LogP contribution in [0.15, 0.2) is 25.6 Å². The number of carboxylic acids is 1. The van der Waals surface area contributed by atoms with Crippen LogP contribution in [-0.4, -0.2) is 17.0 Å². The van der Waals surface area contributed by atoms with Crippen LogP contribution in [0.4, 0.5) is 5.69 Å². The molecule has 102 valence electrons. The van der Waals surface area contributed by atoms with E-state index >= 15 is 0 Å². The average Bonchev–Trinajstić information content (AvgIpc) is 2.20. The Morgan fingerprint density at radius 2 is 1.68 bits per heavy atom. The Morgan fingerprint density at radius 3 is 2.05 bits per heavy atom. The molecule has 0 heterocycles. The molecule has 0 atom stereocenters. The average molecular weight is 456 g/mol. The number of carboxylic acid groups (broad SMARTS) is 1. The van der Waals surface area contributed by atoms with Gasteiger partial charge in [0.15, 0.2) is 0 Å². The maximum Gasteiger partial charge on any atom is 0.319 e. The Bertz CT molecular complexity index is 532. The Labute approximate surface area is 135 Å². The minimum Gasteiger partial charge on any atom is -0.480 e. The van der Waals surface area contributed by atoms with Gasteiger partial charge in [-0.2, -0.15) is 0 Å². The molecule has 1 fully saturated rings. The molecule has 0 aromatic heterocycles. The van der Waals surface area contributed by atoms with Crippen LogP contribution in [-0.2, 0) is 9.59 Å². The van der Waals surface area contributed by atoms with Gasteiger partial charge in [-0.25, -0.2) is 0 Å². The molecule has 2 N–H and O–H groups in total. The van der Waals surface area contributed by atoms with Crippen LogP contribution >= 0.6 is 47.8 Å². The van der Waals surface area contributed by atoms with E-state index in [4.69, 9.17) is 0 Å². The number of halogens is 3. The van der Waals surface area contributed by atoms with Gasteiger partial charge in [-0.05, 0) is 56.8 Å². The number of carbonyl (C=O) groups is 2. The number of hydrogen-bond donors (Lipinski definition) is 2. The number of aliphatic carboxylic acids is 1. The van der Waals surface area contributed by atoms with Crippen molar-refractivity contribution >= 4 is 65.4 Å². The third-order valence-electron chi connectivity index (χ3n) is 3.30. The zero-order chi connectivity index (χ0) is 14.2. The molecule has 2 rings (SSSR count). The van der Waals surface area contributed by atoms with Crippen molar-refractivity contribution in [3.63, 3.8) is 0 Å². The van der Waals surface area contributed by atoms with Crippen LogP contribution < -0.4 is 5.32 Å². The molecule has 1 aromatic rings. The van der Waals surface area contributed by atoms with Gasteiger partial charge in [0.2, 0.25) is 5.91 Å². The summed E-state index contributed by atoms with van der Waals surface area (Å²) < 4.78 is 2.21. The summed E-state index contributed by atoms with van der Waals surface area (Å²) in [6.07, 6.45) is 1.54. The standard InChI is InChI=1S/C12H10Br3NO3/c13-6-4-7(14)9(8(15)5-6)16-10(17)12(11(18)19)2-1-3-12/h4-5H,1-3H2,(H,16,17)(H,18,19). The van der Waals surface area contributed by atoms with Gasteiger partial charge in [-0.3, -0.25) is 9.59 Å². The molecule has 0 bridgehead atoms. The van der Waals surface area contributed by atoms with Crippen molar-refractivity contribution in [2.24, 2.45) is 5.41 Å². The lowest BCUT2D eigenvalue weighted by atomic mass is 9.68. The summed E-state index contributed by atoms with van der Waals surface area (Å²) in [4.78, 5) is 23.5. The highest BCUT2D eigenvalue weighted by Crippen LogP contribution is 2.43. The molecular formula is C12H10Br3NO3. The van der Waals surface area contributed by atoms with Gasteiger partial charge < -0.3 is 10.4 Å². The number of hydrogen-bond acceptors (Lipinski definition) is 2. The molecule has 19 heavy (non-hydrogen) atoms. The van der Waals surface area contributed by atoms with E-state index in [1.807, 2.05) is 0 Å². The highest BCUT2D eigenvalue weighted by Gasteiger charge is 2.51. The first-order valence-electron chi connectivity index (χ1n) is 5.56. The van der Waals surface area contributed by atoms with Crippen LogP contribution in [0.3, 0.4) is 0 Å². The van der Waals surface area contributed by atoms with Gasteiger partial charge in [0.1, 0.15) is 5.41 Å². The van der Waals surface area contributed by atoms with Crippen molar-refractivity contribution in [3.05, 3.63) is 25.6 Å². The van der Waals surface area contributed by atoms with Crippen molar-refractivity contribution in [1.82, 2.24) is 0 Å². The molecule has 0 spiro atoms. The summed E-state index contributed by atoms with van der Waals surface area (Å²) in [5.74, 6) is -1.52. The Hall–Kier alpha value is -0.400. The summed E-state index contributed by atoms with van der Waals surface area (Å²) in [7, 11) is 0. The number of anilines is 1. The molecule has 4 nitrogen and oxygen atoms in total. The predicted molar refractivity (Wildman–Crippen MR) is 82.1 cm³/mol. The lowest BCUT2D eigenvalue weighted by Crippen LogP contribution is -2.48. The third-order valence-corrected chi connectivity index (χ3v) is 5.01. The molecule has 0 saturated heterocycles. The van der Waals surface area contributed by atoms with Crippen LogP contribution in [0.25, 0.3) is 0 Å². The van der Waals surface area contributed by atoms with Gasteiger partial charge in [0.25, 0.3) is 0 Å². The summed E-state index contributed by atoms with van der Waals surface area (Å²) in [6.45, 7) is 0. The van der Waals surface area contributed by atoms with E-state index in [9.17, 15) is 14.7 Å². The van der Waals surface area contributed by atoms with E-state index in [2.05, 4.69) is 53.1 Å². The Balaban J connectivity index is 2.27. The van der Waals surface area contributed by atoms with E-state index < -0.39 is 17.3 Å². The minimum atomic E-state index is -1.27. The predicted octanol–water partition coefficient (Wildman–Crippen LogP) is 4.17. The third kappa shape index (κ3) is 2.73. The zero-order valence-electron chi connectivity index (χ0n) is 9.67. The van der Waals surface area contributed by atoms with Gasteiger partial charge in [0, 0.05) is 13.4 Å². The Morgan fingerprint density at radius 1 is 1.16 bits per heavy atom.